The average molecular weight is 1150 g/mol. The largest absolute Gasteiger partial charge is 0.480 e. The predicted molar refractivity (Wildman–Crippen MR) is 311 cm³/mol. The number of carbonyl (C=O) groups is 8. The zero-order valence-corrected chi connectivity index (χ0v) is 48.8. The SMILES string of the molecule is CCCCCCCCCCCCCC(=O)OCCSCC(NC(=O)C1CCC(CN2C(=O)CC(SCC(=O)NC)C2=O)CC1)C(=O)NC(CCC(=O)Nc1ccc(Cn2c(O)nc3c(N)nc(NCCCC)nc32)cc1)C(=O)OC. The highest BCUT2D eigenvalue weighted by atomic mass is 32.2. The fourth-order valence-corrected chi connectivity index (χ4v) is 11.5. The highest BCUT2D eigenvalue weighted by Crippen LogP contribution is 2.33. The molecule has 2 aliphatic rings. The minimum Gasteiger partial charge on any atom is -0.480 e. The van der Waals surface area contributed by atoms with E-state index in [4.69, 9.17) is 15.2 Å². The molecular formula is C56H85N11O11S2. The molecule has 2 aromatic heterocycles. The maximum atomic E-state index is 14.1. The molecule has 0 spiro atoms. The van der Waals surface area contributed by atoms with Gasteiger partial charge in [0, 0.05) is 62.5 Å². The van der Waals surface area contributed by atoms with Crippen LogP contribution in [0.3, 0.4) is 0 Å². The number of imide groups is 1. The van der Waals surface area contributed by atoms with Crippen LogP contribution in [0.2, 0.25) is 0 Å². The van der Waals surface area contributed by atoms with Gasteiger partial charge in [0.1, 0.15) is 18.7 Å². The first-order valence-corrected chi connectivity index (χ1v) is 30.8. The number of likely N-dealkylation sites (tertiary alicyclic amines) is 1. The minimum atomic E-state index is -1.24. The Hall–Kier alpha value is -6.17. The number of unbranched alkanes of at least 4 members (excludes halogenated alkanes) is 11. The number of aromatic hydroxyl groups is 1. The molecule has 3 unspecified atom stereocenters. The van der Waals surface area contributed by atoms with Gasteiger partial charge < -0.3 is 46.9 Å². The number of anilines is 3. The quantitative estimate of drug-likeness (QED) is 0.0181. The van der Waals surface area contributed by atoms with Crippen LogP contribution in [0, 0.1) is 11.8 Å². The molecule has 1 saturated carbocycles. The summed E-state index contributed by atoms with van der Waals surface area (Å²) in [4.78, 5) is 119. The zero-order chi connectivity index (χ0) is 57.8. The van der Waals surface area contributed by atoms with E-state index in [2.05, 4.69) is 55.4 Å². The second-order valence-corrected chi connectivity index (χ2v) is 23.0. The van der Waals surface area contributed by atoms with E-state index in [-0.39, 0.29) is 103 Å². The standard InChI is InChI=1S/C56H85N11O11S2/c1-5-7-9-10-11-12-13-14-15-16-17-18-47(71)78-30-31-79-35-42(62-51(72)39-23-19-37(20-24-39)33-66-46(70)32-43(53(66)74)80-36-45(69)58-3)52(73)61-41(54(75)77-4)27-28-44(68)60-40-25-21-38(22-26-40)34-67-50-48(63-56(67)76)49(57)64-55(65-50)59-29-8-6-2/h21-22,25-26,37,39,41-43H,5-20,23-24,27-36H2,1-4H3,(H,58,69)(H,60,68)(H,61,73)(H,62,72)(H,63,76)(H3,57,59,64,65). The van der Waals surface area contributed by atoms with Gasteiger partial charge in [0.2, 0.25) is 41.4 Å². The number of thioether (sulfide) groups is 2. The number of nitrogen functional groups attached to an aromatic ring is 1. The Morgan fingerprint density at radius 1 is 0.825 bits per heavy atom. The van der Waals surface area contributed by atoms with E-state index in [1.165, 1.54) is 80.3 Å². The summed E-state index contributed by atoms with van der Waals surface area (Å²) in [5.74, 6) is -2.87. The molecule has 2 fully saturated rings. The lowest BCUT2D eigenvalue weighted by molar-refractivity contribution is -0.145. The molecule has 0 radical (unpaired) electrons. The molecule has 3 aromatic rings. The fraction of sp³-hybridized carbons (Fsp3) is 0.661. The van der Waals surface area contributed by atoms with E-state index in [0.717, 1.165) is 55.9 Å². The van der Waals surface area contributed by atoms with Gasteiger partial charge in [0.05, 0.1) is 24.7 Å². The molecule has 3 atom stereocenters. The molecule has 1 saturated heterocycles. The number of esters is 2. The van der Waals surface area contributed by atoms with Crippen molar-refractivity contribution >= 4 is 99.5 Å². The van der Waals surface area contributed by atoms with Gasteiger partial charge in [-0.25, -0.2) is 4.79 Å². The van der Waals surface area contributed by atoms with Crippen LogP contribution in [0.4, 0.5) is 17.5 Å². The molecule has 8 N–H and O–H groups in total. The van der Waals surface area contributed by atoms with Gasteiger partial charge in [0.25, 0.3) is 6.01 Å². The lowest BCUT2D eigenvalue weighted by atomic mass is 9.81. The molecule has 442 valence electrons. The number of methoxy groups -OCH3 is 1. The number of amides is 6. The number of nitrogens with two attached hydrogens (primary N) is 1. The third kappa shape index (κ3) is 21.4. The third-order valence-electron chi connectivity index (χ3n) is 14.4. The lowest BCUT2D eigenvalue weighted by Gasteiger charge is -2.31. The van der Waals surface area contributed by atoms with Crippen LogP contribution in [-0.4, -0.2) is 145 Å². The van der Waals surface area contributed by atoms with Crippen LogP contribution in [0.25, 0.3) is 11.2 Å². The smallest absolute Gasteiger partial charge is 0.328 e. The third-order valence-corrected chi connectivity index (χ3v) is 16.6. The fourth-order valence-electron chi connectivity index (χ4n) is 9.63. The Morgan fingerprint density at radius 3 is 2.16 bits per heavy atom. The van der Waals surface area contributed by atoms with Gasteiger partial charge in [-0.1, -0.05) is 96.6 Å². The first-order valence-electron chi connectivity index (χ1n) is 28.6. The lowest BCUT2D eigenvalue weighted by Crippen LogP contribution is -2.54. The number of carbonyl (C=O) groups excluding carboxylic acids is 8. The van der Waals surface area contributed by atoms with E-state index >= 15 is 0 Å². The Labute approximate surface area is 478 Å². The number of rotatable bonds is 37. The van der Waals surface area contributed by atoms with Gasteiger partial charge >= 0.3 is 11.9 Å². The Morgan fingerprint density at radius 2 is 1.50 bits per heavy atom. The molecule has 5 rings (SSSR count). The highest BCUT2D eigenvalue weighted by molar-refractivity contribution is 8.01. The summed E-state index contributed by atoms with van der Waals surface area (Å²) in [6.45, 7) is 5.47. The predicted octanol–water partition coefficient (Wildman–Crippen LogP) is 6.63. The number of benzene rings is 1. The molecule has 1 aliphatic heterocycles. The Bertz CT molecular complexity index is 2510. The molecular weight excluding hydrogens is 1070 g/mol. The van der Waals surface area contributed by atoms with E-state index in [0.29, 0.717) is 61.7 Å². The van der Waals surface area contributed by atoms with Crippen LogP contribution < -0.4 is 32.3 Å². The Balaban J connectivity index is 1.13. The molecule has 6 amide bonds. The molecule has 80 heavy (non-hydrogen) atoms. The monoisotopic (exact) mass is 1150 g/mol. The highest BCUT2D eigenvalue weighted by Gasteiger charge is 2.41. The van der Waals surface area contributed by atoms with Gasteiger partial charge in [0.15, 0.2) is 17.0 Å². The average Bonchev–Trinajstić information content (AvgIpc) is 3.91. The molecule has 1 aromatic carbocycles. The van der Waals surface area contributed by atoms with Gasteiger partial charge in [-0.05, 0) is 68.6 Å². The number of ether oxygens (including phenoxy) is 2. The molecule has 1 aliphatic carbocycles. The zero-order valence-electron chi connectivity index (χ0n) is 47.2. The maximum absolute atomic E-state index is 14.1. The summed E-state index contributed by atoms with van der Waals surface area (Å²) < 4.78 is 12.0. The van der Waals surface area contributed by atoms with Gasteiger partial charge in [-0.15, -0.1) is 11.8 Å². The van der Waals surface area contributed by atoms with Crippen LogP contribution in [0.5, 0.6) is 6.01 Å². The van der Waals surface area contributed by atoms with Crippen LogP contribution in [0.1, 0.15) is 154 Å². The molecule has 22 nitrogen and oxygen atoms in total. The van der Waals surface area contributed by atoms with Crippen LogP contribution in [-0.2, 0) is 54.4 Å². The second-order valence-electron chi connectivity index (χ2n) is 20.6. The number of nitrogens with one attached hydrogen (secondary N) is 5. The minimum absolute atomic E-state index is 0.0213. The first-order chi connectivity index (χ1) is 38.6. The topological polar surface area (TPSA) is 308 Å². The summed E-state index contributed by atoms with van der Waals surface area (Å²) in [6, 6.07) is 4.25. The number of hydrogen-bond donors (Lipinski definition) is 7. The number of aromatic nitrogens is 4. The van der Waals surface area contributed by atoms with Crippen molar-refractivity contribution in [1.29, 1.82) is 0 Å². The first kappa shape index (κ1) is 64.6. The normalized spacial score (nSPS) is 16.9. The Kier molecular flexibility index (Phi) is 28.2. The maximum Gasteiger partial charge on any atom is 0.328 e. The van der Waals surface area contributed by atoms with Gasteiger partial charge in [-0.3, -0.25) is 43.0 Å². The summed E-state index contributed by atoms with van der Waals surface area (Å²) >= 11 is 2.45. The molecule has 0 bridgehead atoms. The van der Waals surface area contributed by atoms with Crippen molar-refractivity contribution in [3.05, 3.63) is 29.8 Å². The van der Waals surface area contributed by atoms with E-state index in [1.807, 2.05) is 0 Å². The van der Waals surface area contributed by atoms with E-state index in [9.17, 15) is 43.5 Å². The number of fused-ring (bicyclic) bond motifs is 1. The summed E-state index contributed by atoms with van der Waals surface area (Å²) in [5, 5.41) is 24.2. The van der Waals surface area contributed by atoms with Gasteiger partial charge in [-0.2, -0.15) is 26.7 Å². The van der Waals surface area contributed by atoms with Crippen molar-refractivity contribution in [2.24, 2.45) is 11.8 Å². The van der Waals surface area contributed by atoms with Crippen LogP contribution in [0.15, 0.2) is 24.3 Å². The van der Waals surface area contributed by atoms with Crippen LogP contribution >= 0.6 is 23.5 Å². The second kappa shape index (κ2) is 34.9. The van der Waals surface area contributed by atoms with E-state index < -0.39 is 41.0 Å². The summed E-state index contributed by atoms with van der Waals surface area (Å²) in [5.41, 5.74) is 7.98. The van der Waals surface area contributed by atoms with Crippen molar-refractivity contribution in [2.75, 3.05) is 67.5 Å². The number of imidazole rings is 1. The van der Waals surface area contributed by atoms with Crippen molar-refractivity contribution < 1.29 is 52.9 Å². The van der Waals surface area contributed by atoms with Crippen molar-refractivity contribution in [3.63, 3.8) is 0 Å². The molecule has 24 heteroatoms. The summed E-state index contributed by atoms with van der Waals surface area (Å²) in [6.07, 6.45) is 16.9. The van der Waals surface area contributed by atoms with Crippen molar-refractivity contribution in [2.45, 2.75) is 173 Å². The molecule has 3 heterocycles. The van der Waals surface area contributed by atoms with Crippen molar-refractivity contribution in [1.82, 2.24) is 40.4 Å². The number of hydrogen-bond acceptors (Lipinski definition) is 18. The number of nitrogens with zero attached hydrogens (tertiary/aromatic N) is 5. The van der Waals surface area contributed by atoms with Crippen molar-refractivity contribution in [3.8, 4) is 6.01 Å². The van der Waals surface area contributed by atoms with E-state index in [1.54, 1.807) is 24.3 Å². The summed E-state index contributed by atoms with van der Waals surface area (Å²) in [7, 11) is 2.68.